The van der Waals surface area contributed by atoms with E-state index in [1.807, 2.05) is 24.1 Å². The summed E-state index contributed by atoms with van der Waals surface area (Å²) in [6.07, 6.45) is 7.34. The number of aryl methyl sites for hydroxylation is 1. The number of aliphatic imine (C=N–C) groups is 1. The minimum atomic E-state index is -0.157. The molecule has 0 spiro atoms. The highest BCUT2D eigenvalue weighted by Crippen LogP contribution is 2.35. The summed E-state index contributed by atoms with van der Waals surface area (Å²) in [7, 11) is 4.78. The highest BCUT2D eigenvalue weighted by Gasteiger charge is 2.29. The lowest BCUT2D eigenvalue weighted by Gasteiger charge is -2.20. The molecule has 0 atom stereocenters. The highest BCUT2D eigenvalue weighted by atomic mass is 16.5. The van der Waals surface area contributed by atoms with Crippen molar-refractivity contribution in [2.45, 2.75) is 26.3 Å². The SMILES string of the molecule is CNC=O.COc1c(NC(/C=C(\N)NC(=O)C2CC2)=C(\C)N)cccc1C1=CNC(C(=C=O)NCc2cccn(C)c2=O)=NC1. The second kappa shape index (κ2) is 16.2. The van der Waals surface area contributed by atoms with Crippen LogP contribution in [0.4, 0.5) is 5.69 Å². The third-order valence-electron chi connectivity index (χ3n) is 6.68. The molecule has 1 saturated carbocycles. The van der Waals surface area contributed by atoms with Gasteiger partial charge in [0.05, 0.1) is 25.0 Å². The fourth-order valence-electron chi connectivity index (χ4n) is 4.15. The first-order chi connectivity index (χ1) is 21.6. The van der Waals surface area contributed by atoms with Crippen molar-refractivity contribution in [3.8, 4) is 5.75 Å². The number of amidine groups is 1. The molecule has 1 aliphatic carbocycles. The molecule has 14 heteroatoms. The second-order valence-electron chi connectivity index (χ2n) is 10.1. The molecule has 2 aliphatic rings. The number of amides is 2. The van der Waals surface area contributed by atoms with Gasteiger partial charge in [0.1, 0.15) is 11.6 Å². The van der Waals surface area contributed by atoms with Crippen LogP contribution in [0, 0.1) is 5.92 Å². The second-order valence-corrected chi connectivity index (χ2v) is 10.1. The summed E-state index contributed by atoms with van der Waals surface area (Å²) in [6.45, 7) is 2.12. The van der Waals surface area contributed by atoms with Crippen LogP contribution in [0.3, 0.4) is 0 Å². The molecule has 0 saturated heterocycles. The van der Waals surface area contributed by atoms with Crippen molar-refractivity contribution in [3.63, 3.8) is 0 Å². The average Bonchev–Trinajstić information content (AvgIpc) is 3.89. The molecule has 1 aromatic carbocycles. The summed E-state index contributed by atoms with van der Waals surface area (Å²) in [5.74, 6) is 2.81. The fraction of sp³-hybridized carbons (Fsp3) is 0.290. The van der Waals surface area contributed by atoms with Crippen LogP contribution in [-0.2, 0) is 28.0 Å². The highest BCUT2D eigenvalue weighted by molar-refractivity contribution is 6.06. The van der Waals surface area contributed by atoms with Crippen LogP contribution in [0.25, 0.3) is 5.57 Å². The number of nitrogens with zero attached hydrogens (tertiary/aromatic N) is 2. The molecule has 2 heterocycles. The van der Waals surface area contributed by atoms with Gasteiger partial charge >= 0.3 is 0 Å². The van der Waals surface area contributed by atoms with E-state index >= 15 is 0 Å². The number of methoxy groups -OCH3 is 1. The first kappa shape index (κ1) is 33.7. The van der Waals surface area contributed by atoms with Gasteiger partial charge in [-0.05, 0) is 31.9 Å². The van der Waals surface area contributed by atoms with Crippen LogP contribution < -0.4 is 48.3 Å². The number of nitrogens with two attached hydrogens (primary N) is 2. The number of hydrogen-bond acceptors (Lipinski definition) is 11. The van der Waals surface area contributed by atoms with Crippen molar-refractivity contribution in [2.75, 3.05) is 26.0 Å². The summed E-state index contributed by atoms with van der Waals surface area (Å²) in [4.78, 5) is 49.6. The molecule has 1 fully saturated rings. The van der Waals surface area contributed by atoms with E-state index in [9.17, 15) is 14.4 Å². The van der Waals surface area contributed by atoms with Crippen molar-refractivity contribution >= 4 is 35.4 Å². The smallest absolute Gasteiger partial charge is 0.255 e. The van der Waals surface area contributed by atoms with E-state index in [4.69, 9.17) is 21.0 Å². The molecule has 0 radical (unpaired) electrons. The van der Waals surface area contributed by atoms with Gasteiger partial charge < -0.3 is 47.4 Å². The van der Waals surface area contributed by atoms with Gasteiger partial charge in [0, 0.05) is 67.4 Å². The number of benzene rings is 1. The minimum Gasteiger partial charge on any atom is -0.494 e. The Morgan fingerprint density at radius 3 is 2.56 bits per heavy atom. The summed E-state index contributed by atoms with van der Waals surface area (Å²) in [5, 5.41) is 14.2. The number of rotatable bonds is 12. The zero-order valence-electron chi connectivity index (χ0n) is 25.7. The van der Waals surface area contributed by atoms with Gasteiger partial charge in [0.25, 0.3) is 5.56 Å². The molecular weight excluding hydrogens is 578 g/mol. The topological polar surface area (TPSA) is 207 Å². The van der Waals surface area contributed by atoms with E-state index in [-0.39, 0.29) is 42.0 Å². The molecule has 14 nitrogen and oxygen atoms in total. The van der Waals surface area contributed by atoms with Crippen LogP contribution in [0.1, 0.15) is 30.9 Å². The first-order valence-electron chi connectivity index (χ1n) is 14.1. The van der Waals surface area contributed by atoms with E-state index in [1.54, 1.807) is 58.7 Å². The molecule has 45 heavy (non-hydrogen) atoms. The molecule has 1 aromatic heterocycles. The Kier molecular flexibility index (Phi) is 12.1. The van der Waals surface area contributed by atoms with Crippen molar-refractivity contribution in [3.05, 3.63) is 93.2 Å². The summed E-state index contributed by atoms with van der Waals surface area (Å²) in [5.41, 5.74) is 15.8. The van der Waals surface area contributed by atoms with Gasteiger partial charge in [-0.15, -0.1) is 0 Å². The van der Waals surface area contributed by atoms with Crippen LogP contribution in [0.5, 0.6) is 5.75 Å². The predicted molar refractivity (Wildman–Crippen MR) is 173 cm³/mol. The monoisotopic (exact) mass is 617 g/mol. The van der Waals surface area contributed by atoms with Crippen molar-refractivity contribution < 1.29 is 19.1 Å². The van der Waals surface area contributed by atoms with Crippen molar-refractivity contribution in [1.82, 2.24) is 25.8 Å². The van der Waals surface area contributed by atoms with E-state index in [2.05, 4.69) is 31.6 Å². The molecule has 1 aliphatic heterocycles. The molecule has 2 aromatic rings. The summed E-state index contributed by atoms with van der Waals surface area (Å²) in [6, 6.07) is 9.02. The Hall–Kier alpha value is -5.75. The quantitative estimate of drug-likeness (QED) is 0.0999. The first-order valence-corrected chi connectivity index (χ1v) is 14.1. The Labute approximate surface area is 261 Å². The molecule has 4 rings (SSSR count). The maximum Gasteiger partial charge on any atom is 0.255 e. The number of ether oxygens (including phenoxy) is 1. The molecule has 9 N–H and O–H groups in total. The largest absolute Gasteiger partial charge is 0.494 e. The lowest BCUT2D eigenvalue weighted by atomic mass is 10.0. The predicted octanol–water partition coefficient (Wildman–Crippen LogP) is 0.532. The maximum absolute atomic E-state index is 12.3. The van der Waals surface area contributed by atoms with Gasteiger partial charge in [-0.3, -0.25) is 19.4 Å². The molecule has 238 valence electrons. The number of pyridine rings is 1. The molecular formula is C31H39N9O5. The van der Waals surface area contributed by atoms with Gasteiger partial charge in [-0.25, -0.2) is 4.79 Å². The normalized spacial score (nSPS) is 14.4. The van der Waals surface area contributed by atoms with Crippen LogP contribution >= 0.6 is 0 Å². The number of carbonyl (C=O) groups is 2. The number of anilines is 1. The van der Waals surface area contributed by atoms with E-state index in [0.29, 0.717) is 40.6 Å². The number of para-hydroxylation sites is 1. The number of hydrogen-bond donors (Lipinski definition) is 7. The number of carbonyl (C=O) groups excluding carboxylic acids is 3. The third-order valence-corrected chi connectivity index (χ3v) is 6.68. The van der Waals surface area contributed by atoms with Crippen molar-refractivity contribution in [2.24, 2.45) is 29.4 Å². The Morgan fingerprint density at radius 1 is 1.24 bits per heavy atom. The average molecular weight is 618 g/mol. The molecule has 0 unspecified atom stereocenters. The van der Waals surface area contributed by atoms with Crippen LogP contribution in [0.15, 0.2) is 81.5 Å². The maximum atomic E-state index is 12.3. The van der Waals surface area contributed by atoms with Crippen LogP contribution in [0.2, 0.25) is 0 Å². The van der Waals surface area contributed by atoms with Gasteiger partial charge in [-0.1, -0.05) is 18.2 Å². The van der Waals surface area contributed by atoms with E-state index < -0.39 is 0 Å². The van der Waals surface area contributed by atoms with Crippen LogP contribution in [-0.4, -0.2) is 49.4 Å². The summed E-state index contributed by atoms with van der Waals surface area (Å²) < 4.78 is 7.21. The lowest BCUT2D eigenvalue weighted by Crippen LogP contribution is -2.33. The zero-order valence-corrected chi connectivity index (χ0v) is 25.7. The number of aromatic nitrogens is 1. The number of nitrogens with one attached hydrogen (secondary N) is 5. The molecule has 2 amide bonds. The minimum absolute atomic E-state index is 0.0189. The Bertz CT molecular complexity index is 1640. The fourth-order valence-corrected chi connectivity index (χ4v) is 4.15. The number of allylic oxidation sites excluding steroid dienone is 2. The third kappa shape index (κ3) is 9.37. The van der Waals surface area contributed by atoms with Gasteiger partial charge in [-0.2, -0.15) is 0 Å². The standard InChI is InChI=1S/C29H34N8O4.C2H5NO/c1-17(30)23(12-25(31)36-28(39)18-9-10-18)35-22-8-4-7-21(26(22)41-3)20-14-33-27(34-15-20)24(16-38)32-13-19-6-5-11-37(2)29(19)40;1-3-2-4/h4-8,11-12,14,18,32,35H,9-10,13,15,30-31H2,1-3H3,(H,33,34)(H,36,39);2H,1H3,(H,3,4)/b23-17+,25-12+;. The van der Waals surface area contributed by atoms with Crippen molar-refractivity contribution in [1.29, 1.82) is 0 Å². The van der Waals surface area contributed by atoms with Gasteiger partial charge in [0.2, 0.25) is 12.3 Å². The Balaban J connectivity index is 0.00000130. The zero-order chi connectivity index (χ0) is 32.9. The van der Waals surface area contributed by atoms with Gasteiger partial charge in [0.15, 0.2) is 17.5 Å². The summed E-state index contributed by atoms with van der Waals surface area (Å²) >= 11 is 0. The Morgan fingerprint density at radius 2 is 1.98 bits per heavy atom. The lowest BCUT2D eigenvalue weighted by molar-refractivity contribution is -0.121. The van der Waals surface area contributed by atoms with E-state index in [0.717, 1.165) is 24.0 Å². The molecule has 0 bridgehead atoms. The van der Waals surface area contributed by atoms with E-state index in [1.165, 1.54) is 4.57 Å².